The van der Waals surface area contributed by atoms with Crippen LogP contribution >= 0.6 is 15.9 Å². The van der Waals surface area contributed by atoms with Crippen LogP contribution in [-0.4, -0.2) is 34.9 Å². The summed E-state index contributed by atoms with van der Waals surface area (Å²) in [6.07, 6.45) is 0. The van der Waals surface area contributed by atoms with Crippen molar-refractivity contribution in [1.82, 2.24) is 10.2 Å². The normalized spacial score (nSPS) is 12.2. The molecule has 0 aliphatic carbocycles. The van der Waals surface area contributed by atoms with E-state index in [-0.39, 0.29) is 19.1 Å². The van der Waals surface area contributed by atoms with Gasteiger partial charge in [0.1, 0.15) is 17.6 Å². The predicted molar refractivity (Wildman–Crippen MR) is 119 cm³/mol. The molecule has 0 saturated heterocycles. The molecule has 0 aromatic heterocycles. The first kappa shape index (κ1) is 23.9. The van der Waals surface area contributed by atoms with Crippen LogP contribution in [0.4, 0.5) is 4.39 Å². The lowest BCUT2D eigenvalue weighted by molar-refractivity contribution is -0.142. The quantitative estimate of drug-likeness (QED) is 0.631. The average Bonchev–Trinajstić information content (AvgIpc) is 2.66. The van der Waals surface area contributed by atoms with Gasteiger partial charge in [0.25, 0.3) is 5.91 Å². The molecular weight excluding hydrogens is 451 g/mol. The molecule has 0 unspecified atom stereocenters. The van der Waals surface area contributed by atoms with Crippen molar-refractivity contribution in [2.75, 3.05) is 6.61 Å². The zero-order valence-electron chi connectivity index (χ0n) is 18.0. The van der Waals surface area contributed by atoms with E-state index in [9.17, 15) is 14.0 Å². The third kappa shape index (κ3) is 6.83. The van der Waals surface area contributed by atoms with E-state index in [4.69, 9.17) is 4.74 Å². The number of rotatable bonds is 7. The summed E-state index contributed by atoms with van der Waals surface area (Å²) in [5.41, 5.74) is 0.852. The highest BCUT2D eigenvalue weighted by Crippen LogP contribution is 2.22. The molecule has 5 nitrogen and oxygen atoms in total. The number of amides is 2. The molecule has 2 aromatic carbocycles. The summed E-state index contributed by atoms with van der Waals surface area (Å²) in [5, 5.41) is 2.87. The lowest BCUT2D eigenvalue weighted by atomic mass is 10.1. The minimum absolute atomic E-state index is 0.0348. The summed E-state index contributed by atoms with van der Waals surface area (Å²) in [7, 11) is 0. The second-order valence-electron chi connectivity index (χ2n) is 8.23. The molecule has 0 saturated carbocycles. The van der Waals surface area contributed by atoms with Crippen molar-refractivity contribution >= 4 is 27.7 Å². The third-order valence-electron chi connectivity index (χ3n) is 4.46. The van der Waals surface area contributed by atoms with E-state index < -0.39 is 23.3 Å². The van der Waals surface area contributed by atoms with Crippen molar-refractivity contribution in [2.24, 2.45) is 0 Å². The molecule has 2 aromatic rings. The van der Waals surface area contributed by atoms with Crippen LogP contribution in [0, 0.1) is 12.7 Å². The van der Waals surface area contributed by atoms with Gasteiger partial charge in [-0.15, -0.1) is 0 Å². The highest BCUT2D eigenvalue weighted by Gasteiger charge is 2.29. The Morgan fingerprint density at radius 2 is 1.87 bits per heavy atom. The van der Waals surface area contributed by atoms with Crippen LogP contribution in [0.3, 0.4) is 0 Å². The lowest BCUT2D eigenvalue weighted by Gasteiger charge is -2.31. The number of nitrogens with zero attached hydrogens (tertiary/aromatic N) is 1. The molecule has 0 spiro atoms. The number of hydrogen-bond donors (Lipinski definition) is 1. The summed E-state index contributed by atoms with van der Waals surface area (Å²) in [6, 6.07) is 10.8. The Kier molecular flexibility index (Phi) is 8.01. The smallest absolute Gasteiger partial charge is 0.261 e. The predicted octanol–water partition coefficient (Wildman–Crippen LogP) is 4.61. The molecule has 1 atom stereocenters. The van der Waals surface area contributed by atoms with Crippen molar-refractivity contribution in [1.29, 1.82) is 0 Å². The van der Waals surface area contributed by atoms with Crippen molar-refractivity contribution in [3.05, 3.63) is 63.9 Å². The topological polar surface area (TPSA) is 58.6 Å². The van der Waals surface area contributed by atoms with E-state index in [1.165, 1.54) is 11.0 Å². The maximum atomic E-state index is 14.2. The fourth-order valence-corrected chi connectivity index (χ4v) is 3.05. The van der Waals surface area contributed by atoms with Crippen LogP contribution in [0.5, 0.6) is 5.75 Å². The van der Waals surface area contributed by atoms with E-state index in [1.54, 1.807) is 31.2 Å². The molecule has 0 aliphatic rings. The van der Waals surface area contributed by atoms with Gasteiger partial charge in [0.15, 0.2) is 6.61 Å². The monoisotopic (exact) mass is 478 g/mol. The third-order valence-corrected chi connectivity index (χ3v) is 5.35. The number of benzene rings is 2. The Morgan fingerprint density at radius 1 is 1.20 bits per heavy atom. The number of carbonyl (C=O) groups is 2. The Hall–Kier alpha value is -2.41. The van der Waals surface area contributed by atoms with Crippen LogP contribution in [0.1, 0.15) is 38.8 Å². The molecular formula is C23H28BrFN2O3. The minimum atomic E-state index is -0.799. The Morgan fingerprint density at radius 3 is 2.47 bits per heavy atom. The van der Waals surface area contributed by atoms with Crippen LogP contribution in [0.25, 0.3) is 0 Å². The van der Waals surface area contributed by atoms with Crippen LogP contribution < -0.4 is 10.1 Å². The van der Waals surface area contributed by atoms with Gasteiger partial charge in [-0.25, -0.2) is 4.39 Å². The van der Waals surface area contributed by atoms with E-state index in [1.807, 2.05) is 39.8 Å². The Labute approximate surface area is 185 Å². The second kappa shape index (κ2) is 10.1. The summed E-state index contributed by atoms with van der Waals surface area (Å²) >= 11 is 3.42. The zero-order chi connectivity index (χ0) is 22.5. The molecule has 0 fully saturated rings. The van der Waals surface area contributed by atoms with Gasteiger partial charge in [0.2, 0.25) is 5.91 Å². The fourth-order valence-electron chi connectivity index (χ4n) is 2.80. The maximum absolute atomic E-state index is 14.2. The van der Waals surface area contributed by atoms with Crippen molar-refractivity contribution in [3.63, 3.8) is 0 Å². The van der Waals surface area contributed by atoms with Gasteiger partial charge < -0.3 is 15.0 Å². The van der Waals surface area contributed by atoms with Gasteiger partial charge in [-0.1, -0.05) is 34.1 Å². The summed E-state index contributed by atoms with van der Waals surface area (Å²) in [6.45, 7) is 8.83. The van der Waals surface area contributed by atoms with Gasteiger partial charge >= 0.3 is 0 Å². The number of ether oxygens (including phenoxy) is 1. The SMILES string of the molecule is Cc1cc(OCC(=O)N(Cc2ccccc2F)[C@H](C)C(=O)NC(C)(C)C)ccc1Br. The summed E-state index contributed by atoms with van der Waals surface area (Å²) in [5.74, 6) is -0.605. The highest BCUT2D eigenvalue weighted by molar-refractivity contribution is 9.10. The molecule has 0 radical (unpaired) electrons. The molecule has 1 N–H and O–H groups in total. The van der Waals surface area contributed by atoms with Gasteiger partial charge in [0.05, 0.1) is 0 Å². The molecule has 0 heterocycles. The molecule has 7 heteroatoms. The van der Waals surface area contributed by atoms with Crippen molar-refractivity contribution < 1.29 is 18.7 Å². The van der Waals surface area contributed by atoms with E-state index >= 15 is 0 Å². The van der Waals surface area contributed by atoms with Crippen LogP contribution in [0.15, 0.2) is 46.9 Å². The number of carbonyl (C=O) groups excluding carboxylic acids is 2. The number of aryl methyl sites for hydroxylation is 1. The Bertz CT molecular complexity index is 912. The molecule has 162 valence electrons. The first-order valence-electron chi connectivity index (χ1n) is 9.72. The van der Waals surface area contributed by atoms with E-state index in [2.05, 4.69) is 21.2 Å². The zero-order valence-corrected chi connectivity index (χ0v) is 19.5. The van der Waals surface area contributed by atoms with Crippen molar-refractivity contribution in [3.8, 4) is 5.75 Å². The maximum Gasteiger partial charge on any atom is 0.261 e. The molecule has 2 amide bonds. The van der Waals surface area contributed by atoms with E-state index in [0.29, 0.717) is 11.3 Å². The summed E-state index contributed by atoms with van der Waals surface area (Å²) < 4.78 is 20.8. The molecule has 0 aliphatic heterocycles. The first-order valence-corrected chi connectivity index (χ1v) is 10.5. The number of hydrogen-bond acceptors (Lipinski definition) is 3. The largest absolute Gasteiger partial charge is 0.484 e. The van der Waals surface area contributed by atoms with Gasteiger partial charge in [-0.05, 0) is 64.4 Å². The second-order valence-corrected chi connectivity index (χ2v) is 9.08. The highest BCUT2D eigenvalue weighted by atomic mass is 79.9. The Balaban J connectivity index is 2.20. The van der Waals surface area contributed by atoms with Crippen LogP contribution in [0.2, 0.25) is 0 Å². The number of halogens is 2. The standard InChI is InChI=1S/C23H28BrFN2O3/c1-15-12-18(10-11-19(15)24)30-14-21(28)27(13-17-8-6-7-9-20(17)25)16(2)22(29)26-23(3,4)5/h6-12,16H,13-14H2,1-5H3,(H,26,29)/t16-/m1/s1. The van der Waals surface area contributed by atoms with Crippen LogP contribution in [-0.2, 0) is 16.1 Å². The minimum Gasteiger partial charge on any atom is -0.484 e. The molecule has 0 bridgehead atoms. The fraction of sp³-hybridized carbons (Fsp3) is 0.391. The van der Waals surface area contributed by atoms with E-state index in [0.717, 1.165) is 10.0 Å². The first-order chi connectivity index (χ1) is 14.0. The number of nitrogens with one attached hydrogen (secondary N) is 1. The average molecular weight is 479 g/mol. The lowest BCUT2D eigenvalue weighted by Crippen LogP contribution is -2.53. The van der Waals surface area contributed by atoms with Gasteiger partial charge in [-0.2, -0.15) is 0 Å². The van der Waals surface area contributed by atoms with Gasteiger partial charge in [-0.3, -0.25) is 9.59 Å². The molecule has 30 heavy (non-hydrogen) atoms. The van der Waals surface area contributed by atoms with Gasteiger partial charge in [0, 0.05) is 22.1 Å². The van der Waals surface area contributed by atoms with Crippen molar-refractivity contribution in [2.45, 2.75) is 52.7 Å². The summed E-state index contributed by atoms with van der Waals surface area (Å²) in [4.78, 5) is 27.0. The molecule has 2 rings (SSSR count).